The van der Waals surface area contributed by atoms with E-state index in [9.17, 15) is 4.79 Å². The molecule has 1 aliphatic rings. The quantitative estimate of drug-likeness (QED) is 0.310. The summed E-state index contributed by atoms with van der Waals surface area (Å²) in [6, 6.07) is 22.2. The van der Waals surface area contributed by atoms with Crippen LogP contribution in [0.4, 0.5) is 5.69 Å². The van der Waals surface area contributed by atoms with Gasteiger partial charge in [0, 0.05) is 4.90 Å². The van der Waals surface area contributed by atoms with Crippen molar-refractivity contribution in [2.75, 3.05) is 11.2 Å². The fourth-order valence-corrected chi connectivity index (χ4v) is 4.70. The Morgan fingerprint density at radius 3 is 2.65 bits per heavy atom. The number of hydrogen-bond acceptors (Lipinski definition) is 4. The summed E-state index contributed by atoms with van der Waals surface area (Å²) >= 11 is 8.49. The lowest BCUT2D eigenvalue weighted by atomic mass is 10.0. The molecule has 0 saturated carbocycles. The predicted molar refractivity (Wildman–Crippen MR) is 118 cm³/mol. The molecule has 128 valence electrons. The van der Waals surface area contributed by atoms with E-state index in [4.69, 9.17) is 12.2 Å². The number of benzene rings is 3. The topological polar surface area (TPSA) is 20.3 Å². The molecule has 26 heavy (non-hydrogen) atoms. The summed E-state index contributed by atoms with van der Waals surface area (Å²) < 4.78 is 0.569. The van der Waals surface area contributed by atoms with E-state index in [0.717, 1.165) is 26.9 Å². The van der Waals surface area contributed by atoms with Gasteiger partial charge in [-0.3, -0.25) is 9.69 Å². The Labute approximate surface area is 166 Å². The second-order valence-electron chi connectivity index (χ2n) is 5.79. The van der Waals surface area contributed by atoms with E-state index in [1.807, 2.05) is 60.9 Å². The lowest BCUT2D eigenvalue weighted by Gasteiger charge is -2.15. The van der Waals surface area contributed by atoms with Crippen molar-refractivity contribution in [3.8, 4) is 0 Å². The number of fused-ring (bicyclic) bond motifs is 1. The van der Waals surface area contributed by atoms with Gasteiger partial charge in [0.05, 0.1) is 10.6 Å². The largest absolute Gasteiger partial charge is 0.270 e. The van der Waals surface area contributed by atoms with Gasteiger partial charge in [0.15, 0.2) is 4.32 Å². The molecule has 0 bridgehead atoms. The first-order valence-corrected chi connectivity index (χ1v) is 10.5. The van der Waals surface area contributed by atoms with Crippen molar-refractivity contribution in [1.82, 2.24) is 0 Å². The highest BCUT2D eigenvalue weighted by molar-refractivity contribution is 8.27. The summed E-state index contributed by atoms with van der Waals surface area (Å²) in [4.78, 5) is 16.4. The van der Waals surface area contributed by atoms with Crippen LogP contribution >= 0.6 is 35.7 Å². The van der Waals surface area contributed by atoms with Crippen LogP contribution in [-0.2, 0) is 4.79 Å². The average Bonchev–Trinajstić information content (AvgIpc) is 2.95. The Balaban J connectivity index is 1.73. The predicted octanol–water partition coefficient (Wildman–Crippen LogP) is 5.97. The third-order valence-corrected chi connectivity index (χ3v) is 6.24. The molecule has 0 aromatic heterocycles. The molecule has 1 aliphatic heterocycles. The summed E-state index contributed by atoms with van der Waals surface area (Å²) in [5.41, 5.74) is 1.85. The molecule has 0 atom stereocenters. The first-order chi connectivity index (χ1) is 12.7. The van der Waals surface area contributed by atoms with Gasteiger partial charge < -0.3 is 0 Å². The maximum absolute atomic E-state index is 13.0. The van der Waals surface area contributed by atoms with Crippen LogP contribution in [0.15, 0.2) is 76.5 Å². The molecule has 3 aromatic carbocycles. The highest BCUT2D eigenvalue weighted by Gasteiger charge is 2.33. The number of rotatable bonds is 3. The van der Waals surface area contributed by atoms with Crippen LogP contribution in [0.3, 0.4) is 0 Å². The van der Waals surface area contributed by atoms with Gasteiger partial charge in [-0.2, -0.15) is 0 Å². The third kappa shape index (κ3) is 3.18. The zero-order chi connectivity index (χ0) is 18.1. The number of amides is 1. The van der Waals surface area contributed by atoms with Crippen LogP contribution in [0.5, 0.6) is 0 Å². The van der Waals surface area contributed by atoms with E-state index in [1.54, 1.807) is 16.7 Å². The first kappa shape index (κ1) is 17.3. The highest BCUT2D eigenvalue weighted by atomic mass is 32.2. The minimum Gasteiger partial charge on any atom is -0.268 e. The molecule has 4 rings (SSSR count). The lowest BCUT2D eigenvalue weighted by Crippen LogP contribution is -2.27. The Kier molecular flexibility index (Phi) is 4.85. The van der Waals surface area contributed by atoms with Crippen LogP contribution in [0.25, 0.3) is 16.8 Å². The van der Waals surface area contributed by atoms with Crippen molar-refractivity contribution in [2.24, 2.45) is 0 Å². The number of thiocarbonyl (C=S) groups is 1. The smallest absolute Gasteiger partial charge is 0.268 e. The molecule has 1 heterocycles. The Bertz CT molecular complexity index is 1050. The van der Waals surface area contributed by atoms with Gasteiger partial charge in [0.1, 0.15) is 0 Å². The van der Waals surface area contributed by atoms with Gasteiger partial charge in [-0.15, -0.1) is 11.8 Å². The van der Waals surface area contributed by atoms with E-state index in [0.29, 0.717) is 9.23 Å². The maximum atomic E-state index is 13.0. The minimum absolute atomic E-state index is 0.0637. The normalized spacial score (nSPS) is 16.0. The Hall–Kier alpha value is -2.08. The van der Waals surface area contributed by atoms with Crippen molar-refractivity contribution in [2.45, 2.75) is 4.90 Å². The second-order valence-corrected chi connectivity index (χ2v) is 8.34. The van der Waals surface area contributed by atoms with Gasteiger partial charge in [0.25, 0.3) is 5.91 Å². The van der Waals surface area contributed by atoms with Crippen LogP contribution in [-0.4, -0.2) is 16.5 Å². The lowest BCUT2D eigenvalue weighted by molar-refractivity contribution is -0.113. The molecule has 2 nitrogen and oxygen atoms in total. The van der Waals surface area contributed by atoms with Gasteiger partial charge >= 0.3 is 0 Å². The molecule has 5 heteroatoms. The summed E-state index contributed by atoms with van der Waals surface area (Å²) in [5, 5.41) is 2.29. The minimum atomic E-state index is -0.0637. The molecule has 1 amide bonds. The molecule has 3 aromatic rings. The number of carbonyl (C=O) groups excluding carboxylic acids is 1. The number of hydrogen-bond donors (Lipinski definition) is 0. The first-order valence-electron chi connectivity index (χ1n) is 8.07. The van der Waals surface area contributed by atoms with Crippen molar-refractivity contribution in [3.63, 3.8) is 0 Å². The average molecular weight is 394 g/mol. The Morgan fingerprint density at radius 1 is 1.04 bits per heavy atom. The van der Waals surface area contributed by atoms with Gasteiger partial charge in [0.2, 0.25) is 0 Å². The molecule has 0 radical (unpaired) electrons. The van der Waals surface area contributed by atoms with Crippen LogP contribution in [0.1, 0.15) is 5.56 Å². The van der Waals surface area contributed by atoms with E-state index in [-0.39, 0.29) is 5.91 Å². The SMILES string of the molecule is CSc1cccc(N2C(=O)/C(=C\c3cccc4ccccc34)SC2=S)c1. The zero-order valence-corrected chi connectivity index (χ0v) is 16.5. The van der Waals surface area contributed by atoms with Crippen LogP contribution in [0, 0.1) is 0 Å². The van der Waals surface area contributed by atoms with E-state index >= 15 is 0 Å². The monoisotopic (exact) mass is 393 g/mol. The van der Waals surface area contributed by atoms with Crippen LogP contribution in [0.2, 0.25) is 0 Å². The summed E-state index contributed by atoms with van der Waals surface area (Å²) in [7, 11) is 0. The fraction of sp³-hybridized carbons (Fsp3) is 0.0476. The van der Waals surface area contributed by atoms with Crippen molar-refractivity contribution in [1.29, 1.82) is 0 Å². The number of nitrogens with zero attached hydrogens (tertiary/aromatic N) is 1. The zero-order valence-electron chi connectivity index (χ0n) is 14.0. The Morgan fingerprint density at radius 2 is 1.81 bits per heavy atom. The molecule has 0 unspecified atom stereocenters. The summed E-state index contributed by atoms with van der Waals surface area (Å²) in [6.45, 7) is 0. The third-order valence-electron chi connectivity index (χ3n) is 4.22. The number of anilines is 1. The van der Waals surface area contributed by atoms with E-state index < -0.39 is 0 Å². The van der Waals surface area contributed by atoms with Crippen molar-refractivity contribution < 1.29 is 4.79 Å². The van der Waals surface area contributed by atoms with Gasteiger partial charge in [-0.25, -0.2) is 0 Å². The molecule has 0 N–H and O–H groups in total. The van der Waals surface area contributed by atoms with Gasteiger partial charge in [-0.05, 0) is 46.9 Å². The number of thioether (sulfide) groups is 2. The fourth-order valence-electron chi connectivity index (χ4n) is 2.96. The molecule has 0 spiro atoms. The van der Waals surface area contributed by atoms with Crippen LogP contribution < -0.4 is 4.90 Å². The molecular formula is C21H15NOS3. The number of carbonyl (C=O) groups is 1. The summed E-state index contributed by atoms with van der Waals surface area (Å²) in [5.74, 6) is -0.0637. The summed E-state index contributed by atoms with van der Waals surface area (Å²) in [6.07, 6.45) is 3.96. The molecule has 1 saturated heterocycles. The highest BCUT2D eigenvalue weighted by Crippen LogP contribution is 2.37. The van der Waals surface area contributed by atoms with Gasteiger partial charge in [-0.1, -0.05) is 72.5 Å². The second kappa shape index (κ2) is 7.27. The standard InChI is InChI=1S/C21H15NOS3/c1-25-17-10-5-9-16(13-17)22-20(23)19(26-21(22)24)12-15-8-4-7-14-6-2-3-11-18(14)15/h2-13H,1H3/b19-12+. The van der Waals surface area contributed by atoms with E-state index in [2.05, 4.69) is 18.2 Å². The molecule has 0 aliphatic carbocycles. The molecular weight excluding hydrogens is 378 g/mol. The molecule has 1 fully saturated rings. The van der Waals surface area contributed by atoms with E-state index in [1.165, 1.54) is 11.8 Å². The van der Waals surface area contributed by atoms with Crippen molar-refractivity contribution >= 4 is 68.5 Å². The van der Waals surface area contributed by atoms with Crippen molar-refractivity contribution in [3.05, 3.63) is 77.2 Å². The maximum Gasteiger partial charge on any atom is 0.270 e.